The molecule has 1 fully saturated rings. The molecule has 2 heterocycles. The van der Waals surface area contributed by atoms with E-state index in [0.717, 1.165) is 0 Å². The monoisotopic (exact) mass is 216 g/mol. The Morgan fingerprint density at radius 1 is 1.47 bits per heavy atom. The lowest BCUT2D eigenvalue weighted by molar-refractivity contribution is -0.183. The lowest BCUT2D eigenvalue weighted by atomic mass is 9.98. The predicted molar refractivity (Wildman–Crippen MR) is 45.5 cm³/mol. The molecule has 4 atom stereocenters. The molecule has 1 saturated heterocycles. The fraction of sp³-hybridized carbons (Fsp3) is 0.857. The highest BCUT2D eigenvalue weighted by Crippen LogP contribution is 2.29. The van der Waals surface area contributed by atoms with Gasteiger partial charge in [-0.3, -0.25) is 0 Å². The zero-order chi connectivity index (χ0) is 10.8. The second-order valence-corrected chi connectivity index (χ2v) is 3.41. The van der Waals surface area contributed by atoms with E-state index in [9.17, 15) is 10.2 Å². The predicted octanol–water partition coefficient (Wildman–Crippen LogP) is -2.26. The van der Waals surface area contributed by atoms with Gasteiger partial charge in [-0.05, 0) is 0 Å². The number of tetrazole rings is 1. The van der Waals surface area contributed by atoms with E-state index in [4.69, 9.17) is 9.84 Å². The van der Waals surface area contributed by atoms with Crippen LogP contribution < -0.4 is 0 Å². The molecule has 1 aliphatic heterocycles. The molecule has 0 unspecified atom stereocenters. The number of nitrogens with one attached hydrogen (secondary N) is 1. The van der Waals surface area contributed by atoms with Gasteiger partial charge >= 0.3 is 0 Å². The maximum Gasteiger partial charge on any atom is 0.203 e. The quantitative estimate of drug-likeness (QED) is 0.440. The summed E-state index contributed by atoms with van der Waals surface area (Å²) in [6, 6.07) is 0. The smallest absolute Gasteiger partial charge is 0.203 e. The van der Waals surface area contributed by atoms with Crippen LogP contribution in [-0.2, 0) is 4.74 Å². The van der Waals surface area contributed by atoms with Crippen LogP contribution in [-0.4, -0.2) is 60.9 Å². The van der Waals surface area contributed by atoms with Gasteiger partial charge in [0.25, 0.3) is 0 Å². The van der Waals surface area contributed by atoms with Crippen molar-refractivity contribution in [3.05, 3.63) is 5.82 Å². The van der Waals surface area contributed by atoms with Gasteiger partial charge in [0.2, 0.25) is 5.82 Å². The van der Waals surface area contributed by atoms with Gasteiger partial charge in [-0.25, -0.2) is 0 Å². The first-order chi connectivity index (χ1) is 7.22. The summed E-state index contributed by atoms with van der Waals surface area (Å²) in [5.41, 5.74) is 0. The van der Waals surface area contributed by atoms with Gasteiger partial charge in [-0.1, -0.05) is 5.21 Å². The molecule has 84 valence electrons. The van der Waals surface area contributed by atoms with Crippen molar-refractivity contribution in [2.45, 2.75) is 30.8 Å². The van der Waals surface area contributed by atoms with E-state index in [0.29, 0.717) is 5.82 Å². The number of nitrogens with zero attached hydrogens (tertiary/aromatic N) is 3. The van der Waals surface area contributed by atoms with Crippen molar-refractivity contribution in [1.82, 2.24) is 20.6 Å². The van der Waals surface area contributed by atoms with E-state index in [1.807, 2.05) is 0 Å². The van der Waals surface area contributed by atoms with Crippen LogP contribution in [0, 0.1) is 0 Å². The summed E-state index contributed by atoms with van der Waals surface area (Å²) in [5.74, 6) is 0.305. The van der Waals surface area contributed by atoms with Crippen molar-refractivity contribution in [1.29, 1.82) is 0 Å². The second-order valence-electron chi connectivity index (χ2n) is 3.41. The fourth-order valence-corrected chi connectivity index (χ4v) is 1.58. The van der Waals surface area contributed by atoms with Crippen molar-refractivity contribution < 1.29 is 20.1 Å². The van der Waals surface area contributed by atoms with Gasteiger partial charge in [0, 0.05) is 6.42 Å². The number of aromatic nitrogens is 4. The third kappa shape index (κ3) is 1.97. The van der Waals surface area contributed by atoms with E-state index in [1.165, 1.54) is 0 Å². The molecule has 0 saturated carbocycles. The van der Waals surface area contributed by atoms with E-state index >= 15 is 0 Å². The first-order valence-corrected chi connectivity index (χ1v) is 4.58. The van der Waals surface area contributed by atoms with Crippen molar-refractivity contribution in [2.75, 3.05) is 6.61 Å². The lowest BCUT2D eigenvalue weighted by Crippen LogP contribution is -2.47. The van der Waals surface area contributed by atoms with Crippen molar-refractivity contribution in [3.63, 3.8) is 0 Å². The Hall–Kier alpha value is -1.09. The number of aliphatic hydroxyl groups excluding tert-OH is 3. The van der Waals surface area contributed by atoms with Gasteiger partial charge in [-0.2, -0.15) is 5.21 Å². The molecule has 0 spiro atoms. The normalized spacial score (nSPS) is 36.7. The summed E-state index contributed by atoms with van der Waals surface area (Å²) in [6.45, 7) is -0.368. The third-order valence-corrected chi connectivity index (χ3v) is 2.40. The summed E-state index contributed by atoms with van der Waals surface area (Å²) in [5, 5.41) is 41.0. The van der Waals surface area contributed by atoms with Crippen LogP contribution >= 0.6 is 0 Å². The van der Waals surface area contributed by atoms with Crippen LogP contribution in [0.5, 0.6) is 0 Å². The van der Waals surface area contributed by atoms with Crippen LogP contribution in [0.25, 0.3) is 0 Å². The highest BCUT2D eigenvalue weighted by Gasteiger charge is 2.38. The Balaban J connectivity index is 2.10. The van der Waals surface area contributed by atoms with Crippen LogP contribution in [0.1, 0.15) is 18.3 Å². The molecule has 0 radical (unpaired) electrons. The highest BCUT2D eigenvalue weighted by atomic mass is 16.5. The number of rotatable bonds is 2. The van der Waals surface area contributed by atoms with E-state index in [2.05, 4.69) is 20.6 Å². The Morgan fingerprint density at radius 2 is 2.27 bits per heavy atom. The summed E-state index contributed by atoms with van der Waals surface area (Å²) in [4.78, 5) is 0. The Bertz CT molecular complexity index is 306. The van der Waals surface area contributed by atoms with E-state index in [1.54, 1.807) is 0 Å². The molecule has 1 aromatic heterocycles. The number of aliphatic hydroxyl groups is 3. The van der Waals surface area contributed by atoms with Crippen molar-refractivity contribution in [2.24, 2.45) is 0 Å². The minimum absolute atomic E-state index is 0.178. The maximum absolute atomic E-state index is 9.52. The molecular weight excluding hydrogens is 204 g/mol. The van der Waals surface area contributed by atoms with Crippen LogP contribution in [0.2, 0.25) is 0 Å². The standard InChI is InChI=1S/C7H12N4O4/c12-2-5-6(14)3(13)1-4(15-5)7-8-10-11-9-7/h3-6,12-14H,1-2H2,(H,8,9,10,11)/t3-,4+,5-,6+/m1/s1. The summed E-state index contributed by atoms with van der Waals surface area (Å²) in [7, 11) is 0. The third-order valence-electron chi connectivity index (χ3n) is 2.40. The SMILES string of the molecule is OC[C@H]1O[C@H](c2nn[nH]n2)C[C@@H](O)[C@@H]1O. The molecule has 1 aromatic rings. The number of H-pyrrole nitrogens is 1. The molecule has 15 heavy (non-hydrogen) atoms. The van der Waals surface area contributed by atoms with Crippen LogP contribution in [0.3, 0.4) is 0 Å². The van der Waals surface area contributed by atoms with E-state index in [-0.39, 0.29) is 13.0 Å². The number of hydrogen-bond acceptors (Lipinski definition) is 7. The van der Waals surface area contributed by atoms with Gasteiger partial charge in [0.15, 0.2) is 0 Å². The molecule has 1 aliphatic rings. The van der Waals surface area contributed by atoms with Gasteiger partial charge in [-0.15, -0.1) is 10.2 Å². The average Bonchev–Trinajstić information content (AvgIpc) is 2.75. The first-order valence-electron chi connectivity index (χ1n) is 4.58. The Kier molecular flexibility index (Phi) is 2.91. The van der Waals surface area contributed by atoms with Gasteiger partial charge in [0.1, 0.15) is 18.3 Å². The maximum atomic E-state index is 9.52. The minimum Gasteiger partial charge on any atom is -0.394 e. The zero-order valence-electron chi connectivity index (χ0n) is 7.82. The Labute approximate surface area is 84.9 Å². The molecule has 0 amide bonds. The van der Waals surface area contributed by atoms with Crippen molar-refractivity contribution in [3.8, 4) is 0 Å². The number of aromatic amines is 1. The molecule has 8 nitrogen and oxygen atoms in total. The molecule has 4 N–H and O–H groups in total. The molecule has 0 bridgehead atoms. The molecule has 8 heteroatoms. The highest BCUT2D eigenvalue weighted by molar-refractivity contribution is 4.93. The second kappa shape index (κ2) is 4.19. The summed E-state index contributed by atoms with van der Waals surface area (Å²) >= 11 is 0. The van der Waals surface area contributed by atoms with Gasteiger partial charge < -0.3 is 20.1 Å². The van der Waals surface area contributed by atoms with Gasteiger partial charge in [0.05, 0.1) is 12.7 Å². The molecule has 0 aromatic carbocycles. The van der Waals surface area contributed by atoms with Crippen LogP contribution in [0.4, 0.5) is 0 Å². The van der Waals surface area contributed by atoms with Crippen LogP contribution in [0.15, 0.2) is 0 Å². The summed E-state index contributed by atoms with van der Waals surface area (Å²) in [6.07, 6.45) is -3.24. The number of ether oxygens (including phenoxy) is 1. The first kappa shape index (κ1) is 10.4. The Morgan fingerprint density at radius 3 is 2.87 bits per heavy atom. The van der Waals surface area contributed by atoms with Crippen molar-refractivity contribution >= 4 is 0 Å². The molecule has 2 rings (SSSR count). The number of hydrogen-bond donors (Lipinski definition) is 4. The average molecular weight is 216 g/mol. The largest absolute Gasteiger partial charge is 0.394 e. The fourth-order valence-electron chi connectivity index (χ4n) is 1.58. The molecular formula is C7H12N4O4. The topological polar surface area (TPSA) is 124 Å². The van der Waals surface area contributed by atoms with E-state index < -0.39 is 24.4 Å². The zero-order valence-corrected chi connectivity index (χ0v) is 7.82. The molecule has 0 aliphatic carbocycles. The lowest BCUT2D eigenvalue weighted by Gasteiger charge is -2.34. The minimum atomic E-state index is -1.09. The summed E-state index contributed by atoms with van der Waals surface area (Å²) < 4.78 is 5.32.